The molecule has 0 saturated carbocycles. The van der Waals surface area contributed by atoms with Gasteiger partial charge in [0.1, 0.15) is 18.0 Å². The van der Waals surface area contributed by atoms with E-state index in [2.05, 4.69) is 15.9 Å². The van der Waals surface area contributed by atoms with Crippen molar-refractivity contribution in [3.63, 3.8) is 0 Å². The van der Waals surface area contributed by atoms with Gasteiger partial charge in [-0.25, -0.2) is 0 Å². The first kappa shape index (κ1) is 19.9. The fourth-order valence-electron chi connectivity index (χ4n) is 3.24. The number of nitrogens with zero attached hydrogens (tertiary/aromatic N) is 1. The van der Waals surface area contributed by atoms with Gasteiger partial charge in [-0.2, -0.15) is 0 Å². The van der Waals surface area contributed by atoms with E-state index in [0.717, 1.165) is 27.3 Å². The maximum atomic E-state index is 12.2. The molecule has 6 nitrogen and oxygen atoms in total. The van der Waals surface area contributed by atoms with Crippen LogP contribution in [0.15, 0.2) is 41.0 Å². The molecule has 1 heterocycles. The Morgan fingerprint density at radius 1 is 1.14 bits per heavy atom. The molecular formula is C21H20BrNO5. The Balaban J connectivity index is 2.35. The summed E-state index contributed by atoms with van der Waals surface area (Å²) in [5.74, 6) is 0.545. The quantitative estimate of drug-likeness (QED) is 0.396. The van der Waals surface area contributed by atoms with Gasteiger partial charge in [0.05, 0.1) is 37.3 Å². The average molecular weight is 446 g/mol. The summed E-state index contributed by atoms with van der Waals surface area (Å²) in [6, 6.07) is 9.46. The normalized spacial score (nSPS) is 10.7. The molecule has 3 aromatic rings. The fourth-order valence-corrected chi connectivity index (χ4v) is 3.51. The zero-order valence-corrected chi connectivity index (χ0v) is 17.4. The van der Waals surface area contributed by atoms with Crippen molar-refractivity contribution in [3.05, 3.63) is 46.6 Å². The molecule has 0 N–H and O–H groups in total. The van der Waals surface area contributed by atoms with Gasteiger partial charge in [-0.15, -0.1) is 0 Å². The number of halogens is 1. The predicted molar refractivity (Wildman–Crippen MR) is 110 cm³/mol. The molecule has 0 bridgehead atoms. The number of hydrogen-bond acceptors (Lipinski definition) is 5. The third kappa shape index (κ3) is 3.62. The summed E-state index contributed by atoms with van der Waals surface area (Å²) < 4.78 is 18.7. The van der Waals surface area contributed by atoms with E-state index in [1.807, 2.05) is 30.5 Å². The van der Waals surface area contributed by atoms with Gasteiger partial charge < -0.3 is 18.8 Å². The lowest BCUT2D eigenvalue weighted by atomic mass is 10.0. The highest BCUT2D eigenvalue weighted by Crippen LogP contribution is 2.42. The van der Waals surface area contributed by atoms with Crippen LogP contribution < -0.4 is 9.47 Å². The van der Waals surface area contributed by atoms with E-state index in [-0.39, 0.29) is 19.1 Å². The topological polar surface area (TPSA) is 66.8 Å². The number of rotatable bonds is 7. The summed E-state index contributed by atoms with van der Waals surface area (Å²) in [6.45, 7) is 2.00. The average Bonchev–Trinajstić information content (AvgIpc) is 3.06. The van der Waals surface area contributed by atoms with E-state index < -0.39 is 0 Å². The number of aromatic nitrogens is 1. The monoisotopic (exact) mass is 445 g/mol. The van der Waals surface area contributed by atoms with E-state index in [1.54, 1.807) is 24.7 Å². The molecule has 7 heteroatoms. The number of aldehydes is 1. The SMILES string of the molecule is CCOC(=O)Cn1cc(-c2ccc(Br)cc2)c2c(OC)cc(OC)c(C=O)c21. The second kappa shape index (κ2) is 8.48. The molecule has 0 aliphatic carbocycles. The molecule has 1 aromatic heterocycles. The Morgan fingerprint density at radius 3 is 2.39 bits per heavy atom. The van der Waals surface area contributed by atoms with Crippen LogP contribution in [-0.2, 0) is 16.1 Å². The summed E-state index contributed by atoms with van der Waals surface area (Å²) in [5.41, 5.74) is 2.69. The van der Waals surface area contributed by atoms with Crippen molar-refractivity contribution in [2.24, 2.45) is 0 Å². The van der Waals surface area contributed by atoms with Crippen LogP contribution in [0.25, 0.3) is 22.0 Å². The molecule has 0 unspecified atom stereocenters. The minimum atomic E-state index is -0.389. The maximum Gasteiger partial charge on any atom is 0.325 e. The first-order valence-electron chi connectivity index (χ1n) is 8.68. The standard InChI is InChI=1S/C21H20BrNO5/c1-4-28-19(25)11-23-10-15(13-5-7-14(22)8-6-13)20-18(27-3)9-17(26-2)16(12-24)21(20)23/h5-10,12H,4,11H2,1-3H3. The van der Waals surface area contributed by atoms with Crippen LogP contribution in [0, 0.1) is 0 Å². The van der Waals surface area contributed by atoms with Gasteiger partial charge in [0.25, 0.3) is 0 Å². The summed E-state index contributed by atoms with van der Waals surface area (Å²) in [6.07, 6.45) is 2.56. The number of carbonyl (C=O) groups excluding carboxylic acids is 2. The number of fused-ring (bicyclic) bond motifs is 1. The first-order chi connectivity index (χ1) is 13.5. The zero-order valence-electron chi connectivity index (χ0n) is 15.8. The van der Waals surface area contributed by atoms with Gasteiger partial charge in [-0.1, -0.05) is 28.1 Å². The van der Waals surface area contributed by atoms with E-state index in [1.165, 1.54) is 7.11 Å². The van der Waals surface area contributed by atoms with Gasteiger partial charge in [-0.3, -0.25) is 9.59 Å². The number of methoxy groups -OCH3 is 2. The molecule has 0 saturated heterocycles. The number of carbonyl (C=O) groups is 2. The van der Waals surface area contributed by atoms with Crippen molar-refractivity contribution in [2.75, 3.05) is 20.8 Å². The van der Waals surface area contributed by atoms with Crippen LogP contribution in [0.4, 0.5) is 0 Å². The summed E-state index contributed by atoms with van der Waals surface area (Å²) in [7, 11) is 3.05. The first-order valence-corrected chi connectivity index (χ1v) is 9.47. The Hall–Kier alpha value is -2.80. The van der Waals surface area contributed by atoms with Crippen LogP contribution in [0.5, 0.6) is 11.5 Å². The minimum absolute atomic E-state index is 0.0297. The summed E-state index contributed by atoms with van der Waals surface area (Å²) >= 11 is 3.44. The highest BCUT2D eigenvalue weighted by molar-refractivity contribution is 9.10. The van der Waals surface area contributed by atoms with Crippen LogP contribution >= 0.6 is 15.9 Å². The molecule has 146 valence electrons. The van der Waals surface area contributed by atoms with Crippen LogP contribution in [0.2, 0.25) is 0 Å². The molecule has 0 atom stereocenters. The largest absolute Gasteiger partial charge is 0.496 e. The van der Waals surface area contributed by atoms with Crippen molar-refractivity contribution in [1.82, 2.24) is 4.57 Å². The number of hydrogen-bond donors (Lipinski definition) is 0. The summed E-state index contributed by atoms with van der Waals surface area (Å²) in [5, 5.41) is 0.733. The second-order valence-electron chi connectivity index (χ2n) is 6.02. The Morgan fingerprint density at radius 2 is 1.82 bits per heavy atom. The Bertz CT molecular complexity index is 1020. The van der Waals surface area contributed by atoms with Crippen LogP contribution in [0.3, 0.4) is 0 Å². The molecule has 0 radical (unpaired) electrons. The van der Waals surface area contributed by atoms with Gasteiger partial charge >= 0.3 is 5.97 Å². The van der Waals surface area contributed by atoms with Crippen molar-refractivity contribution in [2.45, 2.75) is 13.5 Å². The van der Waals surface area contributed by atoms with Crippen molar-refractivity contribution >= 4 is 39.1 Å². The highest BCUT2D eigenvalue weighted by Gasteiger charge is 2.23. The van der Waals surface area contributed by atoms with Crippen LogP contribution in [-0.4, -0.2) is 37.6 Å². The Kier molecular flexibility index (Phi) is 6.04. The van der Waals surface area contributed by atoms with E-state index >= 15 is 0 Å². The van der Waals surface area contributed by atoms with E-state index in [9.17, 15) is 9.59 Å². The molecule has 28 heavy (non-hydrogen) atoms. The lowest BCUT2D eigenvalue weighted by Crippen LogP contribution is -2.13. The van der Waals surface area contributed by atoms with E-state index in [0.29, 0.717) is 22.6 Å². The lowest BCUT2D eigenvalue weighted by molar-refractivity contribution is -0.143. The Labute approximate surface area is 171 Å². The number of esters is 1. The molecule has 0 aliphatic heterocycles. The predicted octanol–water partition coefficient (Wildman–Crippen LogP) is 4.46. The van der Waals surface area contributed by atoms with Crippen LogP contribution in [0.1, 0.15) is 17.3 Å². The molecule has 0 amide bonds. The smallest absolute Gasteiger partial charge is 0.325 e. The fraction of sp³-hybridized carbons (Fsp3) is 0.238. The maximum absolute atomic E-state index is 12.2. The van der Waals surface area contributed by atoms with Crippen molar-refractivity contribution < 1.29 is 23.8 Å². The van der Waals surface area contributed by atoms with E-state index in [4.69, 9.17) is 14.2 Å². The van der Waals surface area contributed by atoms with Gasteiger partial charge in [0.15, 0.2) is 6.29 Å². The molecular weight excluding hydrogens is 426 g/mol. The number of benzene rings is 2. The number of ether oxygens (including phenoxy) is 3. The lowest BCUT2D eigenvalue weighted by Gasteiger charge is -2.12. The zero-order chi connectivity index (χ0) is 20.3. The highest BCUT2D eigenvalue weighted by atomic mass is 79.9. The van der Waals surface area contributed by atoms with Crippen molar-refractivity contribution in [1.29, 1.82) is 0 Å². The minimum Gasteiger partial charge on any atom is -0.496 e. The summed E-state index contributed by atoms with van der Waals surface area (Å²) in [4.78, 5) is 24.1. The second-order valence-corrected chi connectivity index (χ2v) is 6.93. The molecule has 0 spiro atoms. The van der Waals surface area contributed by atoms with Gasteiger partial charge in [-0.05, 0) is 24.6 Å². The van der Waals surface area contributed by atoms with Crippen molar-refractivity contribution in [3.8, 4) is 22.6 Å². The molecule has 3 rings (SSSR count). The third-order valence-corrected chi connectivity index (χ3v) is 4.95. The molecule has 0 aliphatic rings. The van der Waals surface area contributed by atoms with Gasteiger partial charge in [0.2, 0.25) is 0 Å². The van der Waals surface area contributed by atoms with Gasteiger partial charge in [0, 0.05) is 22.3 Å². The molecule has 0 fully saturated rings. The third-order valence-electron chi connectivity index (χ3n) is 4.43. The molecule has 2 aromatic carbocycles.